The molecule has 0 saturated carbocycles. The van der Waals surface area contributed by atoms with Crippen LogP contribution < -0.4 is 16.0 Å². The quantitative estimate of drug-likeness (QED) is 0.432. The molecule has 0 amide bonds. The molecule has 0 spiro atoms. The molecule has 8 nitrogen and oxygen atoms in total. The number of fused-ring (bicyclic) bond motifs is 1. The van der Waals surface area contributed by atoms with Crippen molar-refractivity contribution < 1.29 is 9.26 Å². The van der Waals surface area contributed by atoms with Gasteiger partial charge in [-0.1, -0.05) is 47.6 Å². The van der Waals surface area contributed by atoms with Gasteiger partial charge in [0.25, 0.3) is 11.4 Å². The highest BCUT2D eigenvalue weighted by molar-refractivity contribution is 5.82. The van der Waals surface area contributed by atoms with Gasteiger partial charge in [0, 0.05) is 17.7 Å². The minimum Gasteiger partial charge on any atom is -0.497 e. The number of methoxy groups -OCH3 is 1. The summed E-state index contributed by atoms with van der Waals surface area (Å²) in [5, 5.41) is 4.46. The molecule has 0 unspecified atom stereocenters. The topological polar surface area (TPSA) is 103 Å². The zero-order valence-electron chi connectivity index (χ0n) is 17.8. The molecule has 5 rings (SSSR count). The number of ether oxygens (including phenoxy) is 1. The van der Waals surface area contributed by atoms with Gasteiger partial charge in [-0.3, -0.25) is 9.36 Å². The number of benzene rings is 3. The molecule has 8 heteroatoms. The highest BCUT2D eigenvalue weighted by Gasteiger charge is 2.14. The van der Waals surface area contributed by atoms with E-state index in [-0.39, 0.29) is 11.4 Å². The molecule has 33 heavy (non-hydrogen) atoms. The Morgan fingerprint density at radius 1 is 0.970 bits per heavy atom. The third-order valence-corrected chi connectivity index (χ3v) is 5.45. The first-order chi connectivity index (χ1) is 16.1. The number of aromatic nitrogens is 4. The van der Waals surface area contributed by atoms with Crippen molar-refractivity contribution in [2.75, 3.05) is 7.11 Å². The maximum atomic E-state index is 12.9. The lowest BCUT2D eigenvalue weighted by Crippen LogP contribution is -2.35. The van der Waals surface area contributed by atoms with Gasteiger partial charge in [0.2, 0.25) is 5.82 Å². The summed E-state index contributed by atoms with van der Waals surface area (Å²) in [4.78, 5) is 32.8. The number of H-pyrrole nitrogens is 1. The van der Waals surface area contributed by atoms with Crippen LogP contribution in [0.15, 0.2) is 86.9 Å². The Morgan fingerprint density at radius 3 is 2.64 bits per heavy atom. The molecule has 2 heterocycles. The molecule has 0 fully saturated rings. The van der Waals surface area contributed by atoms with Crippen LogP contribution in [0.25, 0.3) is 33.7 Å². The van der Waals surface area contributed by atoms with E-state index in [4.69, 9.17) is 9.26 Å². The summed E-state index contributed by atoms with van der Waals surface area (Å²) in [7, 11) is 1.59. The van der Waals surface area contributed by atoms with Crippen LogP contribution in [-0.2, 0) is 13.0 Å². The van der Waals surface area contributed by atoms with Gasteiger partial charge in [0.1, 0.15) is 5.75 Å². The smallest absolute Gasteiger partial charge is 0.328 e. The van der Waals surface area contributed by atoms with E-state index in [9.17, 15) is 9.59 Å². The SMILES string of the molecule is COc1cccc(-c2noc(-c3ccc4c(=O)n(CCc5ccccc5)c(=O)[nH]c4c3)n2)c1. The molecule has 0 bridgehead atoms. The van der Waals surface area contributed by atoms with E-state index < -0.39 is 5.69 Å². The van der Waals surface area contributed by atoms with Gasteiger partial charge >= 0.3 is 5.69 Å². The Morgan fingerprint density at radius 2 is 1.82 bits per heavy atom. The van der Waals surface area contributed by atoms with Gasteiger partial charge in [-0.2, -0.15) is 4.98 Å². The van der Waals surface area contributed by atoms with Crippen molar-refractivity contribution in [1.29, 1.82) is 0 Å². The number of nitrogens with zero attached hydrogens (tertiary/aromatic N) is 3. The van der Waals surface area contributed by atoms with E-state index in [1.165, 1.54) is 4.57 Å². The molecule has 2 aromatic heterocycles. The van der Waals surface area contributed by atoms with Gasteiger partial charge in [0.15, 0.2) is 0 Å². The maximum Gasteiger partial charge on any atom is 0.328 e. The second-order valence-corrected chi connectivity index (χ2v) is 7.54. The summed E-state index contributed by atoms with van der Waals surface area (Å²) in [5.74, 6) is 1.38. The van der Waals surface area contributed by atoms with Crippen LogP contribution in [0.5, 0.6) is 5.75 Å². The summed E-state index contributed by atoms with van der Waals surface area (Å²) in [6.07, 6.45) is 0.586. The number of hydrogen-bond donors (Lipinski definition) is 1. The Labute approximate surface area is 188 Å². The molecular weight excluding hydrogens is 420 g/mol. The Balaban J connectivity index is 1.46. The molecule has 3 aromatic carbocycles. The third kappa shape index (κ3) is 4.06. The van der Waals surface area contributed by atoms with Gasteiger partial charge in [-0.15, -0.1) is 0 Å². The van der Waals surface area contributed by atoms with Crippen LogP contribution in [0.3, 0.4) is 0 Å². The number of rotatable bonds is 6. The first-order valence-corrected chi connectivity index (χ1v) is 10.4. The summed E-state index contributed by atoms with van der Waals surface area (Å²) >= 11 is 0. The average Bonchev–Trinajstić information content (AvgIpc) is 3.35. The normalized spacial score (nSPS) is 11.1. The van der Waals surface area contributed by atoms with E-state index in [0.29, 0.717) is 41.0 Å². The fourth-order valence-corrected chi connectivity index (χ4v) is 3.70. The maximum absolute atomic E-state index is 12.9. The average molecular weight is 440 g/mol. The molecule has 0 aliphatic rings. The summed E-state index contributed by atoms with van der Waals surface area (Å²) in [6, 6.07) is 22.1. The van der Waals surface area contributed by atoms with E-state index >= 15 is 0 Å². The molecule has 0 aliphatic heterocycles. The highest BCUT2D eigenvalue weighted by atomic mass is 16.5. The Hall–Kier alpha value is -4.46. The van der Waals surface area contributed by atoms with Gasteiger partial charge in [0.05, 0.1) is 18.0 Å². The van der Waals surface area contributed by atoms with Crippen molar-refractivity contribution in [1.82, 2.24) is 19.7 Å². The summed E-state index contributed by atoms with van der Waals surface area (Å²) in [6.45, 7) is 0.295. The minimum atomic E-state index is -0.455. The lowest BCUT2D eigenvalue weighted by Gasteiger charge is -2.07. The van der Waals surface area contributed by atoms with Crippen LogP contribution in [0, 0.1) is 0 Å². The van der Waals surface area contributed by atoms with Gasteiger partial charge in [-0.25, -0.2) is 4.79 Å². The third-order valence-electron chi connectivity index (χ3n) is 5.45. The van der Waals surface area contributed by atoms with E-state index in [2.05, 4.69) is 15.1 Å². The van der Waals surface area contributed by atoms with Crippen molar-refractivity contribution in [2.24, 2.45) is 0 Å². The summed E-state index contributed by atoms with van der Waals surface area (Å²) < 4.78 is 11.9. The second-order valence-electron chi connectivity index (χ2n) is 7.54. The number of hydrogen-bond acceptors (Lipinski definition) is 6. The van der Waals surface area contributed by atoms with E-state index in [0.717, 1.165) is 11.1 Å². The van der Waals surface area contributed by atoms with Crippen LogP contribution in [0.2, 0.25) is 0 Å². The zero-order valence-corrected chi connectivity index (χ0v) is 17.8. The van der Waals surface area contributed by atoms with Crippen LogP contribution in [-0.4, -0.2) is 26.8 Å². The first-order valence-electron chi connectivity index (χ1n) is 10.4. The second kappa shape index (κ2) is 8.58. The number of nitrogens with one attached hydrogen (secondary N) is 1. The molecule has 1 N–H and O–H groups in total. The predicted molar refractivity (Wildman–Crippen MR) is 124 cm³/mol. The van der Waals surface area contributed by atoms with Gasteiger partial charge in [-0.05, 0) is 42.3 Å². The molecule has 0 saturated heterocycles. The molecule has 0 atom stereocenters. The highest BCUT2D eigenvalue weighted by Crippen LogP contribution is 2.25. The van der Waals surface area contributed by atoms with Crippen molar-refractivity contribution in [3.05, 3.63) is 99.2 Å². The molecular formula is C25H20N4O4. The number of aryl methyl sites for hydroxylation is 1. The largest absolute Gasteiger partial charge is 0.497 e. The Bertz CT molecular complexity index is 1550. The summed E-state index contributed by atoms with van der Waals surface area (Å²) in [5.41, 5.74) is 2.03. The van der Waals surface area contributed by atoms with Crippen molar-refractivity contribution in [3.63, 3.8) is 0 Å². The first kappa shape index (κ1) is 20.4. The standard InChI is InChI=1S/C25H20N4O4/c1-32-19-9-5-8-17(14-19)22-27-23(33-28-22)18-10-11-20-21(15-18)26-25(31)29(24(20)30)13-12-16-6-3-2-4-7-16/h2-11,14-15H,12-13H2,1H3,(H,26,31). The van der Waals surface area contributed by atoms with E-state index in [1.807, 2.05) is 54.6 Å². The van der Waals surface area contributed by atoms with Crippen molar-refractivity contribution in [2.45, 2.75) is 13.0 Å². The fraction of sp³-hybridized carbons (Fsp3) is 0.120. The van der Waals surface area contributed by atoms with E-state index in [1.54, 1.807) is 25.3 Å². The predicted octanol–water partition coefficient (Wildman–Crippen LogP) is 3.66. The minimum absolute atomic E-state index is 0.281. The fourth-order valence-electron chi connectivity index (χ4n) is 3.70. The lowest BCUT2D eigenvalue weighted by molar-refractivity contribution is 0.414. The molecule has 5 aromatic rings. The van der Waals surface area contributed by atoms with Crippen LogP contribution in [0.4, 0.5) is 0 Å². The van der Waals surface area contributed by atoms with Crippen molar-refractivity contribution in [3.8, 4) is 28.6 Å². The monoisotopic (exact) mass is 440 g/mol. The lowest BCUT2D eigenvalue weighted by atomic mass is 10.1. The molecule has 0 radical (unpaired) electrons. The zero-order chi connectivity index (χ0) is 22.8. The van der Waals surface area contributed by atoms with Crippen molar-refractivity contribution >= 4 is 10.9 Å². The van der Waals surface area contributed by atoms with Gasteiger partial charge < -0.3 is 14.2 Å². The van der Waals surface area contributed by atoms with Crippen LogP contribution >= 0.6 is 0 Å². The number of aromatic amines is 1. The van der Waals surface area contributed by atoms with Crippen LogP contribution in [0.1, 0.15) is 5.56 Å². The Kier molecular flexibility index (Phi) is 5.32. The molecule has 164 valence electrons. The molecule has 0 aliphatic carbocycles.